The molecule has 0 saturated heterocycles. The molecule has 0 bridgehead atoms. The van der Waals surface area contributed by atoms with Crippen LogP contribution >= 0.6 is 15.9 Å². The van der Waals surface area contributed by atoms with Gasteiger partial charge in [-0.3, -0.25) is 4.98 Å². The van der Waals surface area contributed by atoms with E-state index in [2.05, 4.69) is 27.3 Å². The van der Waals surface area contributed by atoms with Crippen molar-refractivity contribution in [1.29, 1.82) is 0 Å². The molecule has 106 valence electrons. The van der Waals surface area contributed by atoms with Crippen LogP contribution in [0.1, 0.15) is 37.3 Å². The van der Waals surface area contributed by atoms with Crippen molar-refractivity contribution in [2.75, 3.05) is 19.5 Å². The summed E-state index contributed by atoms with van der Waals surface area (Å²) in [5.41, 5.74) is 3.28. The van der Waals surface area contributed by atoms with Crippen LogP contribution in [-0.4, -0.2) is 19.1 Å². The zero-order valence-corrected chi connectivity index (χ0v) is 13.5. The van der Waals surface area contributed by atoms with Gasteiger partial charge in [0.15, 0.2) is 0 Å². The molecule has 1 aromatic carbocycles. The molecule has 20 heavy (non-hydrogen) atoms. The van der Waals surface area contributed by atoms with Gasteiger partial charge in [0.05, 0.1) is 18.0 Å². The van der Waals surface area contributed by atoms with Crippen LogP contribution in [0.5, 0.6) is 5.75 Å². The number of ether oxygens (including phenoxy) is 1. The number of fused-ring (bicyclic) bond motifs is 1. The number of rotatable bonds is 3. The summed E-state index contributed by atoms with van der Waals surface area (Å²) >= 11 is 3.62. The lowest BCUT2D eigenvalue weighted by Crippen LogP contribution is -2.02. The second-order valence-electron chi connectivity index (χ2n) is 5.30. The Kier molecular flexibility index (Phi) is 3.83. The molecule has 0 radical (unpaired) electrons. The Morgan fingerprint density at radius 3 is 2.70 bits per heavy atom. The van der Waals surface area contributed by atoms with E-state index >= 15 is 0 Å². The molecule has 1 fully saturated rings. The Balaban J connectivity index is 2.24. The molecular formula is C16H19BrN2O. The fourth-order valence-corrected chi connectivity index (χ4v) is 3.52. The van der Waals surface area contributed by atoms with Gasteiger partial charge in [0, 0.05) is 28.8 Å². The number of hydrogen-bond donors (Lipinski definition) is 1. The zero-order chi connectivity index (χ0) is 14.1. The molecule has 0 unspecified atom stereocenters. The van der Waals surface area contributed by atoms with E-state index in [1.807, 2.05) is 19.2 Å². The van der Waals surface area contributed by atoms with Gasteiger partial charge in [0.2, 0.25) is 0 Å². The number of benzene rings is 1. The molecule has 3 rings (SSSR count). The van der Waals surface area contributed by atoms with Crippen LogP contribution in [0.15, 0.2) is 22.7 Å². The van der Waals surface area contributed by atoms with Gasteiger partial charge < -0.3 is 10.1 Å². The molecule has 0 amide bonds. The Labute approximate surface area is 127 Å². The van der Waals surface area contributed by atoms with Crippen LogP contribution in [0.4, 0.5) is 5.69 Å². The van der Waals surface area contributed by atoms with Gasteiger partial charge in [0.1, 0.15) is 5.75 Å². The van der Waals surface area contributed by atoms with Crippen molar-refractivity contribution < 1.29 is 4.74 Å². The average Bonchev–Trinajstić information content (AvgIpc) is 3.01. The van der Waals surface area contributed by atoms with Crippen LogP contribution < -0.4 is 10.1 Å². The number of aromatic nitrogens is 1. The number of anilines is 1. The topological polar surface area (TPSA) is 34.2 Å². The number of hydrogen-bond acceptors (Lipinski definition) is 3. The molecule has 1 heterocycles. The summed E-state index contributed by atoms with van der Waals surface area (Å²) in [4.78, 5) is 4.91. The molecule has 2 aromatic rings. The van der Waals surface area contributed by atoms with E-state index < -0.39 is 0 Å². The van der Waals surface area contributed by atoms with Crippen molar-refractivity contribution in [3.05, 3.63) is 28.4 Å². The molecule has 1 N–H and O–H groups in total. The van der Waals surface area contributed by atoms with Crippen molar-refractivity contribution in [3.8, 4) is 5.75 Å². The number of nitrogens with zero attached hydrogens (tertiary/aromatic N) is 1. The first-order valence-corrected chi connectivity index (χ1v) is 7.88. The quantitative estimate of drug-likeness (QED) is 0.882. The fourth-order valence-electron chi connectivity index (χ4n) is 3.10. The van der Waals surface area contributed by atoms with Crippen LogP contribution in [0.3, 0.4) is 0 Å². The summed E-state index contributed by atoms with van der Waals surface area (Å²) in [7, 11) is 3.65. The van der Waals surface area contributed by atoms with Crippen molar-refractivity contribution in [2.45, 2.75) is 31.6 Å². The van der Waals surface area contributed by atoms with Crippen LogP contribution in [0, 0.1) is 0 Å². The number of pyridine rings is 1. The lowest BCUT2D eigenvalue weighted by atomic mass is 10.0. The predicted octanol–water partition coefficient (Wildman–Crippen LogP) is 4.71. The number of methoxy groups -OCH3 is 1. The van der Waals surface area contributed by atoms with E-state index in [1.54, 1.807) is 7.11 Å². The van der Waals surface area contributed by atoms with Crippen LogP contribution in [0.25, 0.3) is 10.9 Å². The maximum Gasteiger partial charge on any atom is 0.130 e. The maximum absolute atomic E-state index is 5.49. The van der Waals surface area contributed by atoms with Crippen molar-refractivity contribution >= 4 is 32.5 Å². The smallest absolute Gasteiger partial charge is 0.130 e. The second kappa shape index (κ2) is 5.60. The van der Waals surface area contributed by atoms with Gasteiger partial charge in [-0.05, 0) is 47.0 Å². The summed E-state index contributed by atoms with van der Waals surface area (Å²) in [6.07, 6.45) is 5.14. The third kappa shape index (κ3) is 2.26. The predicted molar refractivity (Wildman–Crippen MR) is 86.8 cm³/mol. The Hall–Kier alpha value is -1.29. The minimum absolute atomic E-state index is 0.601. The van der Waals surface area contributed by atoms with E-state index in [-0.39, 0.29) is 0 Å². The highest BCUT2D eigenvalue weighted by molar-refractivity contribution is 9.10. The third-order valence-electron chi connectivity index (χ3n) is 4.16. The van der Waals surface area contributed by atoms with Gasteiger partial charge in [-0.2, -0.15) is 0 Å². The summed E-state index contributed by atoms with van der Waals surface area (Å²) in [5.74, 6) is 1.46. The monoisotopic (exact) mass is 334 g/mol. The number of nitrogens with one attached hydrogen (secondary N) is 1. The first kappa shape index (κ1) is 13.7. The second-order valence-corrected chi connectivity index (χ2v) is 6.15. The summed E-state index contributed by atoms with van der Waals surface area (Å²) in [6, 6.07) is 6.17. The lowest BCUT2D eigenvalue weighted by molar-refractivity contribution is 0.420. The van der Waals surface area contributed by atoms with E-state index in [0.717, 1.165) is 26.8 Å². The Morgan fingerprint density at radius 2 is 2.05 bits per heavy atom. The maximum atomic E-state index is 5.49. The van der Waals surface area contributed by atoms with Gasteiger partial charge in [0.25, 0.3) is 0 Å². The minimum atomic E-state index is 0.601. The molecular weight excluding hydrogens is 316 g/mol. The third-order valence-corrected chi connectivity index (χ3v) is 4.80. The van der Waals surface area contributed by atoms with Crippen molar-refractivity contribution in [3.63, 3.8) is 0 Å². The molecule has 1 aromatic heterocycles. The normalized spacial score (nSPS) is 15.8. The van der Waals surface area contributed by atoms with Gasteiger partial charge in [-0.25, -0.2) is 0 Å². The van der Waals surface area contributed by atoms with E-state index in [1.165, 1.54) is 31.4 Å². The van der Waals surface area contributed by atoms with E-state index in [0.29, 0.717) is 5.92 Å². The molecule has 1 saturated carbocycles. The van der Waals surface area contributed by atoms with E-state index in [9.17, 15) is 0 Å². The SMILES string of the molecule is CNc1cc(C2CCCC2)nc2c(Br)ccc(OC)c12. The molecule has 1 aliphatic rings. The highest BCUT2D eigenvalue weighted by atomic mass is 79.9. The van der Waals surface area contributed by atoms with Crippen molar-refractivity contribution in [1.82, 2.24) is 4.98 Å². The number of halogens is 1. The van der Waals surface area contributed by atoms with Crippen LogP contribution in [0.2, 0.25) is 0 Å². The van der Waals surface area contributed by atoms with Crippen LogP contribution in [-0.2, 0) is 0 Å². The average molecular weight is 335 g/mol. The zero-order valence-electron chi connectivity index (χ0n) is 11.9. The molecule has 0 atom stereocenters. The van der Waals surface area contributed by atoms with Gasteiger partial charge in [-0.1, -0.05) is 12.8 Å². The summed E-state index contributed by atoms with van der Waals surface area (Å²) in [5, 5.41) is 4.34. The largest absolute Gasteiger partial charge is 0.496 e. The first-order chi connectivity index (χ1) is 9.74. The summed E-state index contributed by atoms with van der Waals surface area (Å²) in [6.45, 7) is 0. The Morgan fingerprint density at radius 1 is 1.30 bits per heavy atom. The standard InChI is InChI=1S/C16H19BrN2O/c1-18-13-9-12(10-5-3-4-6-10)19-16-11(17)7-8-14(20-2)15(13)16/h7-10H,3-6H2,1-2H3,(H,18,19). The molecule has 0 spiro atoms. The molecule has 4 heteroatoms. The van der Waals surface area contributed by atoms with E-state index in [4.69, 9.17) is 9.72 Å². The highest BCUT2D eigenvalue weighted by Gasteiger charge is 2.21. The van der Waals surface area contributed by atoms with Gasteiger partial charge in [-0.15, -0.1) is 0 Å². The first-order valence-electron chi connectivity index (χ1n) is 7.09. The minimum Gasteiger partial charge on any atom is -0.496 e. The fraction of sp³-hybridized carbons (Fsp3) is 0.438. The highest BCUT2D eigenvalue weighted by Crippen LogP contribution is 2.40. The van der Waals surface area contributed by atoms with Gasteiger partial charge >= 0.3 is 0 Å². The molecule has 3 nitrogen and oxygen atoms in total. The van der Waals surface area contributed by atoms with Crippen molar-refractivity contribution in [2.24, 2.45) is 0 Å². The Bertz CT molecular complexity index is 636. The summed E-state index contributed by atoms with van der Waals surface area (Å²) < 4.78 is 6.51. The molecule has 0 aliphatic heterocycles. The lowest BCUT2D eigenvalue weighted by Gasteiger charge is -2.16. The molecule has 1 aliphatic carbocycles.